The molecule has 0 bridgehead atoms. The molecule has 134 valence electrons. The van der Waals surface area contributed by atoms with E-state index in [4.69, 9.17) is 9.26 Å². The van der Waals surface area contributed by atoms with Gasteiger partial charge in [0.05, 0.1) is 24.8 Å². The SMILES string of the molecule is CCC1CN(C(CC)C(=O)N2CCCCC2c2ncon2)CCO1. The zero-order valence-corrected chi connectivity index (χ0v) is 14.7. The van der Waals surface area contributed by atoms with Crippen LogP contribution in [0, 0.1) is 0 Å². The molecular weight excluding hydrogens is 308 g/mol. The van der Waals surface area contributed by atoms with Crippen molar-refractivity contribution in [1.29, 1.82) is 0 Å². The Morgan fingerprint density at radius 1 is 1.38 bits per heavy atom. The van der Waals surface area contributed by atoms with Crippen LogP contribution in [0.5, 0.6) is 0 Å². The van der Waals surface area contributed by atoms with Gasteiger partial charge in [0.25, 0.3) is 0 Å². The Morgan fingerprint density at radius 3 is 2.96 bits per heavy atom. The van der Waals surface area contributed by atoms with Gasteiger partial charge in [0.1, 0.15) is 0 Å². The average molecular weight is 336 g/mol. The molecule has 0 radical (unpaired) electrons. The number of aromatic nitrogens is 2. The molecule has 2 aliphatic heterocycles. The van der Waals surface area contributed by atoms with Crippen molar-refractivity contribution in [2.24, 2.45) is 0 Å². The van der Waals surface area contributed by atoms with Crippen molar-refractivity contribution >= 4 is 5.91 Å². The zero-order chi connectivity index (χ0) is 16.9. The van der Waals surface area contributed by atoms with Crippen LogP contribution in [0.4, 0.5) is 0 Å². The smallest absolute Gasteiger partial charge is 0.240 e. The number of carbonyl (C=O) groups excluding carboxylic acids is 1. The fourth-order valence-electron chi connectivity index (χ4n) is 3.84. The molecule has 3 atom stereocenters. The molecule has 3 heterocycles. The van der Waals surface area contributed by atoms with E-state index in [0.717, 1.165) is 51.7 Å². The number of ether oxygens (including phenoxy) is 1. The molecule has 7 nitrogen and oxygen atoms in total. The Bertz CT molecular complexity index is 522. The largest absolute Gasteiger partial charge is 0.376 e. The molecule has 2 saturated heterocycles. The van der Waals surface area contributed by atoms with Gasteiger partial charge in [0.2, 0.25) is 12.3 Å². The Kier molecular flexibility index (Phi) is 5.84. The van der Waals surface area contributed by atoms with Crippen molar-refractivity contribution in [3.63, 3.8) is 0 Å². The predicted octanol–water partition coefficient (Wildman–Crippen LogP) is 2.01. The molecule has 2 fully saturated rings. The van der Waals surface area contributed by atoms with Gasteiger partial charge in [-0.05, 0) is 32.1 Å². The summed E-state index contributed by atoms with van der Waals surface area (Å²) in [6.07, 6.45) is 6.41. The van der Waals surface area contributed by atoms with Gasteiger partial charge < -0.3 is 14.2 Å². The van der Waals surface area contributed by atoms with Crippen molar-refractivity contribution in [3.05, 3.63) is 12.2 Å². The van der Waals surface area contributed by atoms with Crippen LogP contribution < -0.4 is 0 Å². The Morgan fingerprint density at radius 2 is 2.25 bits per heavy atom. The number of rotatable bonds is 5. The van der Waals surface area contributed by atoms with Crippen molar-refractivity contribution in [3.8, 4) is 0 Å². The summed E-state index contributed by atoms with van der Waals surface area (Å²) in [4.78, 5) is 21.7. The average Bonchev–Trinajstić information content (AvgIpc) is 3.17. The first kappa shape index (κ1) is 17.4. The van der Waals surface area contributed by atoms with E-state index in [2.05, 4.69) is 28.9 Å². The molecule has 0 aromatic carbocycles. The fourth-order valence-corrected chi connectivity index (χ4v) is 3.84. The number of hydrogen-bond acceptors (Lipinski definition) is 6. The van der Waals surface area contributed by atoms with Crippen LogP contribution in [-0.2, 0) is 9.53 Å². The van der Waals surface area contributed by atoms with Gasteiger partial charge in [-0.1, -0.05) is 19.0 Å². The number of nitrogens with zero attached hydrogens (tertiary/aromatic N) is 4. The van der Waals surface area contributed by atoms with Crippen LogP contribution in [-0.4, -0.2) is 64.2 Å². The van der Waals surface area contributed by atoms with E-state index in [1.807, 2.05) is 4.90 Å². The predicted molar refractivity (Wildman–Crippen MR) is 88.3 cm³/mol. The second kappa shape index (κ2) is 8.07. The highest BCUT2D eigenvalue weighted by Gasteiger charge is 2.37. The van der Waals surface area contributed by atoms with Crippen molar-refractivity contribution in [2.75, 3.05) is 26.2 Å². The molecule has 0 spiro atoms. The van der Waals surface area contributed by atoms with Crippen molar-refractivity contribution in [2.45, 2.75) is 64.1 Å². The second-order valence-electron chi connectivity index (χ2n) is 6.65. The third-order valence-corrected chi connectivity index (χ3v) is 5.20. The lowest BCUT2D eigenvalue weighted by Crippen LogP contribution is -2.55. The standard InChI is InChI=1S/C17H28N4O3/c1-3-13-11-20(9-10-23-13)14(4-2)17(22)21-8-6-5-7-15(21)16-18-12-24-19-16/h12-15H,3-11H2,1-2H3. The number of hydrogen-bond donors (Lipinski definition) is 0. The highest BCUT2D eigenvalue weighted by molar-refractivity contribution is 5.82. The maximum Gasteiger partial charge on any atom is 0.240 e. The lowest BCUT2D eigenvalue weighted by molar-refractivity contribution is -0.144. The summed E-state index contributed by atoms with van der Waals surface area (Å²) in [5.74, 6) is 0.829. The molecule has 7 heteroatoms. The van der Waals surface area contributed by atoms with E-state index in [9.17, 15) is 4.79 Å². The van der Waals surface area contributed by atoms with E-state index in [0.29, 0.717) is 12.4 Å². The quantitative estimate of drug-likeness (QED) is 0.819. The normalized spacial score (nSPS) is 27.2. The summed E-state index contributed by atoms with van der Waals surface area (Å²) in [6, 6.07) is -0.141. The summed E-state index contributed by atoms with van der Waals surface area (Å²) in [5, 5.41) is 3.98. The minimum absolute atomic E-state index is 0.0536. The maximum absolute atomic E-state index is 13.3. The number of likely N-dealkylation sites (tertiary alicyclic amines) is 1. The first-order chi connectivity index (χ1) is 11.7. The summed E-state index contributed by atoms with van der Waals surface area (Å²) in [5.41, 5.74) is 0. The van der Waals surface area contributed by atoms with Gasteiger partial charge in [-0.2, -0.15) is 4.98 Å². The minimum atomic E-state index is -0.0875. The van der Waals surface area contributed by atoms with E-state index in [-0.39, 0.29) is 24.1 Å². The van der Waals surface area contributed by atoms with Crippen LogP contribution in [0.1, 0.15) is 57.8 Å². The van der Waals surface area contributed by atoms with Crippen LogP contribution in [0.25, 0.3) is 0 Å². The molecule has 0 aliphatic carbocycles. The van der Waals surface area contributed by atoms with Gasteiger partial charge in [-0.3, -0.25) is 9.69 Å². The number of carbonyl (C=O) groups is 1. The first-order valence-corrected chi connectivity index (χ1v) is 9.17. The molecule has 1 amide bonds. The lowest BCUT2D eigenvalue weighted by Gasteiger charge is -2.41. The van der Waals surface area contributed by atoms with Gasteiger partial charge in [-0.15, -0.1) is 0 Å². The molecule has 1 aromatic heterocycles. The summed E-state index contributed by atoms with van der Waals surface area (Å²) < 4.78 is 10.7. The summed E-state index contributed by atoms with van der Waals surface area (Å²) >= 11 is 0. The molecule has 0 saturated carbocycles. The van der Waals surface area contributed by atoms with Crippen molar-refractivity contribution < 1.29 is 14.1 Å². The van der Waals surface area contributed by atoms with Crippen LogP contribution in [0.3, 0.4) is 0 Å². The Labute approximate surface area is 143 Å². The third-order valence-electron chi connectivity index (χ3n) is 5.20. The maximum atomic E-state index is 13.3. The highest BCUT2D eigenvalue weighted by Crippen LogP contribution is 2.30. The minimum Gasteiger partial charge on any atom is -0.376 e. The van der Waals surface area contributed by atoms with Gasteiger partial charge in [0, 0.05) is 19.6 Å². The zero-order valence-electron chi connectivity index (χ0n) is 14.7. The van der Waals surface area contributed by atoms with E-state index in [1.54, 1.807) is 0 Å². The van der Waals surface area contributed by atoms with E-state index < -0.39 is 0 Å². The topological polar surface area (TPSA) is 71.7 Å². The summed E-state index contributed by atoms with van der Waals surface area (Å²) in [6.45, 7) is 7.36. The Balaban J connectivity index is 1.74. The Hall–Kier alpha value is -1.47. The van der Waals surface area contributed by atoms with Crippen LogP contribution >= 0.6 is 0 Å². The lowest BCUT2D eigenvalue weighted by atomic mass is 9.99. The summed E-state index contributed by atoms with van der Waals surface area (Å²) in [7, 11) is 0. The molecule has 3 rings (SSSR count). The van der Waals surface area contributed by atoms with E-state index in [1.165, 1.54) is 6.39 Å². The highest BCUT2D eigenvalue weighted by atomic mass is 16.5. The van der Waals surface area contributed by atoms with Crippen LogP contribution in [0.15, 0.2) is 10.9 Å². The molecule has 1 aromatic rings. The van der Waals surface area contributed by atoms with Crippen LogP contribution in [0.2, 0.25) is 0 Å². The number of amides is 1. The van der Waals surface area contributed by atoms with E-state index >= 15 is 0 Å². The number of morpholine rings is 1. The molecule has 2 aliphatic rings. The molecule has 3 unspecified atom stereocenters. The molecule has 0 N–H and O–H groups in total. The molecular formula is C17H28N4O3. The van der Waals surface area contributed by atoms with Gasteiger partial charge in [0.15, 0.2) is 5.82 Å². The molecule has 24 heavy (non-hydrogen) atoms. The van der Waals surface area contributed by atoms with Gasteiger partial charge in [-0.25, -0.2) is 0 Å². The number of piperidine rings is 1. The van der Waals surface area contributed by atoms with Gasteiger partial charge >= 0.3 is 0 Å². The van der Waals surface area contributed by atoms with Crippen molar-refractivity contribution in [1.82, 2.24) is 19.9 Å². The second-order valence-corrected chi connectivity index (χ2v) is 6.65. The first-order valence-electron chi connectivity index (χ1n) is 9.17. The monoisotopic (exact) mass is 336 g/mol. The fraction of sp³-hybridized carbons (Fsp3) is 0.824. The third kappa shape index (κ3) is 3.62.